The molecule has 0 bridgehead atoms. The van der Waals surface area contributed by atoms with Crippen LogP contribution in [0.15, 0.2) is 18.2 Å². The second-order valence-corrected chi connectivity index (χ2v) is 2.45. The van der Waals surface area contributed by atoms with E-state index in [-0.39, 0.29) is 12.2 Å². The third-order valence-corrected chi connectivity index (χ3v) is 1.59. The van der Waals surface area contributed by atoms with Gasteiger partial charge in [0.1, 0.15) is 5.82 Å². The van der Waals surface area contributed by atoms with Crippen LogP contribution < -0.4 is 0 Å². The molecule has 0 unspecified atom stereocenters. The number of halogens is 1. The van der Waals surface area contributed by atoms with Gasteiger partial charge in [0.2, 0.25) is 0 Å². The standard InChI is InChI=1S/C9H9FO2/c10-9-2-1-7(3-4-11)5-8(9)6-12/h1-2,5-6,11H,3-4H2. The Morgan fingerprint density at radius 3 is 2.83 bits per heavy atom. The van der Waals surface area contributed by atoms with Crippen molar-refractivity contribution in [2.45, 2.75) is 6.42 Å². The topological polar surface area (TPSA) is 37.3 Å². The Morgan fingerprint density at radius 2 is 2.25 bits per heavy atom. The van der Waals surface area contributed by atoms with Crippen molar-refractivity contribution in [2.75, 3.05) is 6.61 Å². The predicted molar refractivity (Wildman–Crippen MR) is 42.6 cm³/mol. The van der Waals surface area contributed by atoms with Crippen molar-refractivity contribution in [3.05, 3.63) is 35.1 Å². The summed E-state index contributed by atoms with van der Waals surface area (Å²) in [6.07, 6.45) is 0.914. The molecule has 0 fully saturated rings. The Bertz CT molecular complexity index is 284. The summed E-state index contributed by atoms with van der Waals surface area (Å²) in [6, 6.07) is 4.23. The maximum atomic E-state index is 12.7. The van der Waals surface area contributed by atoms with E-state index in [0.717, 1.165) is 5.56 Å². The van der Waals surface area contributed by atoms with Gasteiger partial charge in [-0.05, 0) is 24.1 Å². The summed E-state index contributed by atoms with van der Waals surface area (Å²) in [5.41, 5.74) is 0.807. The van der Waals surface area contributed by atoms with Crippen LogP contribution in [0.25, 0.3) is 0 Å². The van der Waals surface area contributed by atoms with Gasteiger partial charge in [-0.1, -0.05) is 6.07 Å². The first-order chi connectivity index (χ1) is 5.77. The molecule has 1 N–H and O–H groups in total. The molecular weight excluding hydrogens is 159 g/mol. The van der Waals surface area contributed by atoms with Crippen LogP contribution in [0.5, 0.6) is 0 Å². The van der Waals surface area contributed by atoms with Crippen LogP contribution in [0.1, 0.15) is 15.9 Å². The number of carbonyl (C=O) groups excluding carboxylic acids is 1. The van der Waals surface area contributed by atoms with Crippen molar-refractivity contribution in [3.8, 4) is 0 Å². The van der Waals surface area contributed by atoms with Crippen molar-refractivity contribution in [1.29, 1.82) is 0 Å². The number of hydrogen-bond acceptors (Lipinski definition) is 2. The quantitative estimate of drug-likeness (QED) is 0.688. The lowest BCUT2D eigenvalue weighted by atomic mass is 10.1. The number of aliphatic hydroxyl groups is 1. The average molecular weight is 168 g/mol. The van der Waals surface area contributed by atoms with E-state index in [1.54, 1.807) is 6.07 Å². The van der Waals surface area contributed by atoms with E-state index in [9.17, 15) is 9.18 Å². The van der Waals surface area contributed by atoms with Crippen LogP contribution >= 0.6 is 0 Å². The molecule has 0 aliphatic rings. The summed E-state index contributed by atoms with van der Waals surface area (Å²) in [4.78, 5) is 10.3. The minimum absolute atomic E-state index is 0.00390. The third kappa shape index (κ3) is 1.89. The fraction of sp³-hybridized carbons (Fsp3) is 0.222. The fourth-order valence-electron chi connectivity index (χ4n) is 0.968. The molecule has 0 atom stereocenters. The molecular formula is C9H9FO2. The molecule has 12 heavy (non-hydrogen) atoms. The number of rotatable bonds is 3. The molecule has 1 aromatic carbocycles. The minimum atomic E-state index is -0.522. The van der Waals surface area contributed by atoms with E-state index in [0.29, 0.717) is 12.7 Å². The van der Waals surface area contributed by atoms with Gasteiger partial charge in [-0.15, -0.1) is 0 Å². The number of aldehydes is 1. The highest BCUT2D eigenvalue weighted by molar-refractivity contribution is 5.75. The Labute approximate surface area is 69.6 Å². The lowest BCUT2D eigenvalue weighted by Crippen LogP contribution is -1.94. The van der Waals surface area contributed by atoms with Crippen LogP contribution in [0.2, 0.25) is 0 Å². The number of benzene rings is 1. The maximum Gasteiger partial charge on any atom is 0.153 e. The average Bonchev–Trinajstić information content (AvgIpc) is 2.09. The highest BCUT2D eigenvalue weighted by Crippen LogP contribution is 2.08. The molecule has 2 nitrogen and oxygen atoms in total. The normalized spacial score (nSPS) is 9.83. The van der Waals surface area contributed by atoms with Gasteiger partial charge in [0.15, 0.2) is 6.29 Å². The van der Waals surface area contributed by atoms with Gasteiger partial charge >= 0.3 is 0 Å². The SMILES string of the molecule is O=Cc1cc(CCO)ccc1F. The highest BCUT2D eigenvalue weighted by Gasteiger charge is 2.01. The molecule has 1 aromatic rings. The Hall–Kier alpha value is -1.22. The second kappa shape index (κ2) is 3.97. The van der Waals surface area contributed by atoms with E-state index in [4.69, 9.17) is 5.11 Å². The zero-order valence-corrected chi connectivity index (χ0v) is 6.46. The second-order valence-electron chi connectivity index (χ2n) is 2.45. The molecule has 0 aliphatic heterocycles. The zero-order valence-electron chi connectivity index (χ0n) is 6.46. The van der Waals surface area contributed by atoms with E-state index < -0.39 is 5.82 Å². The van der Waals surface area contributed by atoms with E-state index in [2.05, 4.69) is 0 Å². The van der Waals surface area contributed by atoms with E-state index in [1.165, 1.54) is 12.1 Å². The first-order valence-corrected chi connectivity index (χ1v) is 3.62. The zero-order chi connectivity index (χ0) is 8.97. The first kappa shape index (κ1) is 8.87. The van der Waals surface area contributed by atoms with Gasteiger partial charge < -0.3 is 5.11 Å². The maximum absolute atomic E-state index is 12.7. The first-order valence-electron chi connectivity index (χ1n) is 3.62. The summed E-state index contributed by atoms with van der Waals surface area (Å²) < 4.78 is 12.7. The minimum Gasteiger partial charge on any atom is -0.396 e. The van der Waals surface area contributed by atoms with E-state index in [1.807, 2.05) is 0 Å². The lowest BCUT2D eigenvalue weighted by Gasteiger charge is -1.99. The molecule has 0 aliphatic carbocycles. The molecule has 0 saturated carbocycles. The van der Waals surface area contributed by atoms with Gasteiger partial charge in [-0.2, -0.15) is 0 Å². The van der Waals surface area contributed by atoms with Crippen LogP contribution in [0, 0.1) is 5.82 Å². The van der Waals surface area contributed by atoms with Crippen LogP contribution in [-0.4, -0.2) is 18.0 Å². The molecule has 0 spiro atoms. The van der Waals surface area contributed by atoms with Gasteiger partial charge in [-0.25, -0.2) is 4.39 Å². The lowest BCUT2D eigenvalue weighted by molar-refractivity contribution is 0.111. The molecule has 1 rings (SSSR count). The molecule has 0 radical (unpaired) electrons. The molecule has 0 amide bonds. The predicted octanol–water partition coefficient (Wildman–Crippen LogP) is 1.17. The molecule has 0 aromatic heterocycles. The summed E-state index contributed by atoms with van der Waals surface area (Å²) in [6.45, 7) is 0.00390. The third-order valence-electron chi connectivity index (χ3n) is 1.59. The van der Waals surface area contributed by atoms with Gasteiger partial charge in [0, 0.05) is 6.61 Å². The van der Waals surface area contributed by atoms with Crippen LogP contribution in [0.3, 0.4) is 0 Å². The van der Waals surface area contributed by atoms with E-state index >= 15 is 0 Å². The van der Waals surface area contributed by atoms with Crippen molar-refractivity contribution in [2.24, 2.45) is 0 Å². The van der Waals surface area contributed by atoms with Crippen molar-refractivity contribution < 1.29 is 14.3 Å². The van der Waals surface area contributed by atoms with Gasteiger partial charge in [0.25, 0.3) is 0 Å². The molecule has 3 heteroatoms. The van der Waals surface area contributed by atoms with Gasteiger partial charge in [-0.3, -0.25) is 4.79 Å². The fourth-order valence-corrected chi connectivity index (χ4v) is 0.968. The largest absolute Gasteiger partial charge is 0.396 e. The summed E-state index contributed by atoms with van der Waals surface area (Å²) in [7, 11) is 0. The molecule has 0 heterocycles. The van der Waals surface area contributed by atoms with Crippen LogP contribution in [-0.2, 0) is 6.42 Å². The molecule has 64 valence electrons. The van der Waals surface area contributed by atoms with Crippen LogP contribution in [0.4, 0.5) is 4.39 Å². The number of hydrogen-bond donors (Lipinski definition) is 1. The van der Waals surface area contributed by atoms with Crippen molar-refractivity contribution in [1.82, 2.24) is 0 Å². The Kier molecular flexibility index (Phi) is 2.94. The highest BCUT2D eigenvalue weighted by atomic mass is 19.1. The number of carbonyl (C=O) groups is 1. The molecule has 0 saturated heterocycles. The van der Waals surface area contributed by atoms with Gasteiger partial charge in [0.05, 0.1) is 5.56 Å². The van der Waals surface area contributed by atoms with Crippen molar-refractivity contribution >= 4 is 6.29 Å². The smallest absolute Gasteiger partial charge is 0.153 e. The van der Waals surface area contributed by atoms with Crippen molar-refractivity contribution in [3.63, 3.8) is 0 Å². The summed E-state index contributed by atoms with van der Waals surface area (Å²) in [5, 5.41) is 8.57. The number of aliphatic hydroxyl groups excluding tert-OH is 1. The monoisotopic (exact) mass is 168 g/mol. The summed E-state index contributed by atoms with van der Waals surface area (Å²) in [5.74, 6) is -0.522. The summed E-state index contributed by atoms with van der Waals surface area (Å²) >= 11 is 0. The Morgan fingerprint density at radius 1 is 1.50 bits per heavy atom. The Balaban J connectivity index is 2.96.